The highest BCUT2D eigenvalue weighted by molar-refractivity contribution is 6.32. The number of aromatic hydroxyl groups is 1. The molecule has 0 aliphatic carbocycles. The summed E-state index contributed by atoms with van der Waals surface area (Å²) in [5, 5.41) is 9.85. The number of hydrogen-bond donors (Lipinski definition) is 1. The van der Waals surface area contributed by atoms with E-state index in [1.807, 2.05) is 13.8 Å². The summed E-state index contributed by atoms with van der Waals surface area (Å²) in [5.41, 5.74) is 1.47. The molecule has 1 nitrogen and oxygen atoms in total. The third kappa shape index (κ3) is 1.59. The molecule has 0 aliphatic rings. The molecule has 78 valence electrons. The van der Waals surface area contributed by atoms with E-state index in [9.17, 15) is 9.50 Å². The number of phenols is 1. The van der Waals surface area contributed by atoms with Gasteiger partial charge in [0.15, 0.2) is 0 Å². The fourth-order valence-corrected chi connectivity index (χ4v) is 1.91. The van der Waals surface area contributed by atoms with Crippen molar-refractivity contribution in [2.45, 2.75) is 33.6 Å². The molecule has 0 heterocycles. The monoisotopic (exact) mass is 216 g/mol. The second-order valence-corrected chi connectivity index (χ2v) is 4.17. The highest BCUT2D eigenvalue weighted by atomic mass is 35.5. The fourth-order valence-electron chi connectivity index (χ4n) is 1.46. The Morgan fingerprint density at radius 1 is 1.21 bits per heavy atom. The molecular weight excluding hydrogens is 203 g/mol. The SMILES string of the molecule is Cc1c(C)c(F)c(Cl)c(C(C)C)c1O. The molecule has 1 aromatic rings. The molecule has 14 heavy (non-hydrogen) atoms. The molecule has 0 aromatic heterocycles. The molecule has 0 bridgehead atoms. The predicted octanol–water partition coefficient (Wildman–Crippen LogP) is 3.92. The first-order valence-electron chi connectivity index (χ1n) is 4.54. The van der Waals surface area contributed by atoms with E-state index in [0.717, 1.165) is 0 Å². The lowest BCUT2D eigenvalue weighted by Gasteiger charge is -2.15. The zero-order valence-electron chi connectivity index (χ0n) is 8.78. The van der Waals surface area contributed by atoms with Gasteiger partial charge in [0.2, 0.25) is 0 Å². The molecule has 0 saturated heterocycles. The van der Waals surface area contributed by atoms with Crippen LogP contribution in [0.25, 0.3) is 0 Å². The summed E-state index contributed by atoms with van der Waals surface area (Å²) in [4.78, 5) is 0. The van der Waals surface area contributed by atoms with Crippen LogP contribution in [0.2, 0.25) is 5.02 Å². The molecular formula is C11H14ClFO. The van der Waals surface area contributed by atoms with Gasteiger partial charge in [0.1, 0.15) is 11.6 Å². The van der Waals surface area contributed by atoms with E-state index in [4.69, 9.17) is 11.6 Å². The smallest absolute Gasteiger partial charge is 0.145 e. The summed E-state index contributed by atoms with van der Waals surface area (Å²) in [6, 6.07) is 0. The second kappa shape index (κ2) is 3.77. The third-order valence-electron chi connectivity index (χ3n) is 2.51. The molecule has 0 amide bonds. The molecule has 0 unspecified atom stereocenters. The van der Waals surface area contributed by atoms with Crippen LogP contribution in [-0.4, -0.2) is 5.11 Å². The van der Waals surface area contributed by atoms with Crippen molar-refractivity contribution in [2.75, 3.05) is 0 Å². The average Bonchev–Trinajstić information content (AvgIpc) is 2.11. The van der Waals surface area contributed by atoms with Crippen molar-refractivity contribution in [3.63, 3.8) is 0 Å². The van der Waals surface area contributed by atoms with Crippen LogP contribution in [0.3, 0.4) is 0 Å². The molecule has 0 spiro atoms. The van der Waals surface area contributed by atoms with Gasteiger partial charge in [0.25, 0.3) is 0 Å². The van der Waals surface area contributed by atoms with Crippen LogP contribution >= 0.6 is 11.6 Å². The van der Waals surface area contributed by atoms with Gasteiger partial charge in [-0.15, -0.1) is 0 Å². The highest BCUT2D eigenvalue weighted by Gasteiger charge is 2.20. The lowest BCUT2D eigenvalue weighted by molar-refractivity contribution is 0.456. The van der Waals surface area contributed by atoms with E-state index < -0.39 is 5.82 Å². The summed E-state index contributed by atoms with van der Waals surface area (Å²) >= 11 is 5.84. The average molecular weight is 217 g/mol. The lowest BCUT2D eigenvalue weighted by Crippen LogP contribution is -1.98. The summed E-state index contributed by atoms with van der Waals surface area (Å²) in [6.45, 7) is 7.04. The van der Waals surface area contributed by atoms with Crippen LogP contribution in [0.1, 0.15) is 36.5 Å². The van der Waals surface area contributed by atoms with Crippen LogP contribution < -0.4 is 0 Å². The molecule has 1 aromatic carbocycles. The van der Waals surface area contributed by atoms with Gasteiger partial charge in [0.05, 0.1) is 5.02 Å². The Morgan fingerprint density at radius 3 is 2.14 bits per heavy atom. The van der Waals surface area contributed by atoms with Gasteiger partial charge in [-0.25, -0.2) is 4.39 Å². The minimum atomic E-state index is -0.425. The maximum absolute atomic E-state index is 13.5. The Balaban J connectivity index is 3.60. The topological polar surface area (TPSA) is 20.2 Å². The summed E-state index contributed by atoms with van der Waals surface area (Å²) < 4.78 is 13.5. The largest absolute Gasteiger partial charge is 0.507 e. The molecule has 0 saturated carbocycles. The van der Waals surface area contributed by atoms with Crippen molar-refractivity contribution in [1.29, 1.82) is 0 Å². The first-order valence-corrected chi connectivity index (χ1v) is 4.92. The van der Waals surface area contributed by atoms with E-state index >= 15 is 0 Å². The van der Waals surface area contributed by atoms with Crippen molar-refractivity contribution in [3.05, 3.63) is 27.5 Å². The van der Waals surface area contributed by atoms with Gasteiger partial charge in [-0.05, 0) is 30.9 Å². The molecule has 0 fully saturated rings. The van der Waals surface area contributed by atoms with Gasteiger partial charge in [0, 0.05) is 5.56 Å². The highest BCUT2D eigenvalue weighted by Crippen LogP contribution is 2.38. The quantitative estimate of drug-likeness (QED) is 0.754. The lowest BCUT2D eigenvalue weighted by atomic mass is 9.96. The van der Waals surface area contributed by atoms with Gasteiger partial charge < -0.3 is 5.11 Å². The number of rotatable bonds is 1. The Morgan fingerprint density at radius 2 is 1.71 bits per heavy atom. The summed E-state index contributed by atoms with van der Waals surface area (Å²) in [7, 11) is 0. The third-order valence-corrected chi connectivity index (χ3v) is 2.88. The van der Waals surface area contributed by atoms with E-state index in [0.29, 0.717) is 16.7 Å². The van der Waals surface area contributed by atoms with Gasteiger partial charge >= 0.3 is 0 Å². The predicted molar refractivity (Wildman–Crippen MR) is 56.6 cm³/mol. The van der Waals surface area contributed by atoms with Crippen LogP contribution in [0.15, 0.2) is 0 Å². The Bertz CT molecular complexity index is 343. The summed E-state index contributed by atoms with van der Waals surface area (Å²) in [5.74, 6) is -0.300. The van der Waals surface area contributed by atoms with Gasteiger partial charge in [-0.1, -0.05) is 25.4 Å². The first kappa shape index (κ1) is 11.3. The molecule has 0 radical (unpaired) electrons. The van der Waals surface area contributed by atoms with Crippen molar-refractivity contribution in [1.82, 2.24) is 0 Å². The maximum Gasteiger partial charge on any atom is 0.145 e. The van der Waals surface area contributed by atoms with Crippen molar-refractivity contribution < 1.29 is 9.50 Å². The molecule has 3 heteroatoms. The van der Waals surface area contributed by atoms with Crippen LogP contribution in [0, 0.1) is 19.7 Å². The maximum atomic E-state index is 13.5. The van der Waals surface area contributed by atoms with Gasteiger partial charge in [-0.2, -0.15) is 0 Å². The fraction of sp³-hybridized carbons (Fsp3) is 0.455. The Kier molecular flexibility index (Phi) is 3.05. The Hall–Kier alpha value is -0.760. The minimum Gasteiger partial charge on any atom is -0.507 e. The standard InChI is InChI=1S/C11H14ClFO/c1-5(2)8-9(12)10(13)6(3)7(4)11(8)14/h5,14H,1-4H3. The zero-order chi connectivity index (χ0) is 11.0. The zero-order valence-corrected chi connectivity index (χ0v) is 9.54. The van der Waals surface area contributed by atoms with Crippen molar-refractivity contribution in [2.24, 2.45) is 0 Å². The van der Waals surface area contributed by atoms with E-state index in [1.54, 1.807) is 13.8 Å². The number of phenolic OH excluding ortho intramolecular Hbond substituents is 1. The number of halogens is 2. The normalized spacial score (nSPS) is 11.1. The molecule has 0 aliphatic heterocycles. The number of hydrogen-bond acceptors (Lipinski definition) is 1. The molecule has 0 atom stereocenters. The van der Waals surface area contributed by atoms with E-state index in [1.165, 1.54) is 0 Å². The van der Waals surface area contributed by atoms with Crippen LogP contribution in [0.4, 0.5) is 4.39 Å². The summed E-state index contributed by atoms with van der Waals surface area (Å²) in [6.07, 6.45) is 0. The molecule has 1 rings (SSSR count). The molecule has 1 N–H and O–H groups in total. The van der Waals surface area contributed by atoms with Crippen LogP contribution in [0.5, 0.6) is 5.75 Å². The van der Waals surface area contributed by atoms with Gasteiger partial charge in [-0.3, -0.25) is 0 Å². The van der Waals surface area contributed by atoms with Crippen LogP contribution in [-0.2, 0) is 0 Å². The first-order chi connectivity index (χ1) is 6.37. The second-order valence-electron chi connectivity index (χ2n) is 3.79. The van der Waals surface area contributed by atoms with E-state index in [-0.39, 0.29) is 16.7 Å². The minimum absolute atomic E-state index is 0.0105. The number of benzene rings is 1. The van der Waals surface area contributed by atoms with Crippen molar-refractivity contribution >= 4 is 11.6 Å². The Labute approximate surface area is 88.5 Å². The van der Waals surface area contributed by atoms with E-state index in [2.05, 4.69) is 0 Å². The van der Waals surface area contributed by atoms with Crippen molar-refractivity contribution in [3.8, 4) is 5.75 Å².